The minimum Gasteiger partial charge on any atom is -0.505 e. The lowest BCUT2D eigenvalue weighted by atomic mass is 9.85. The van der Waals surface area contributed by atoms with Crippen molar-refractivity contribution in [2.75, 3.05) is 0 Å². The lowest BCUT2D eigenvalue weighted by molar-refractivity contribution is -0.136. The second-order valence-electron chi connectivity index (χ2n) is 10.4. The monoisotopic (exact) mass is 538 g/mol. The lowest BCUT2D eigenvalue weighted by Crippen LogP contribution is -2.59. The molecular weight excluding hydrogens is 500 g/mol. The van der Waals surface area contributed by atoms with Gasteiger partial charge in [-0.15, -0.1) is 0 Å². The molecule has 2 aromatic rings. The molecule has 39 heavy (non-hydrogen) atoms. The number of carbonyl (C=O) groups excluding carboxylic acids is 4. The zero-order chi connectivity index (χ0) is 28.7. The van der Waals surface area contributed by atoms with Crippen molar-refractivity contribution in [1.29, 1.82) is 0 Å². The zero-order valence-electron chi connectivity index (χ0n) is 22.8. The number of nitrogens with one attached hydrogen (secondary N) is 3. The van der Waals surface area contributed by atoms with Crippen LogP contribution in [0.2, 0.25) is 0 Å². The molecular formula is C29H38N4O6. The maximum atomic E-state index is 13.7. The zero-order valence-corrected chi connectivity index (χ0v) is 22.8. The summed E-state index contributed by atoms with van der Waals surface area (Å²) in [5.41, 5.74) is 0.579. The Morgan fingerprint density at radius 2 is 1.77 bits per heavy atom. The predicted octanol–water partition coefficient (Wildman–Crippen LogP) is 1.75. The van der Waals surface area contributed by atoms with Gasteiger partial charge in [0.05, 0.1) is 24.1 Å². The van der Waals surface area contributed by atoms with Crippen molar-refractivity contribution in [3.8, 4) is 5.75 Å². The number of aromatic nitrogens is 1. The fourth-order valence-electron chi connectivity index (χ4n) is 4.77. The number of rotatable bonds is 6. The third-order valence-corrected chi connectivity index (χ3v) is 7.48. The largest absolute Gasteiger partial charge is 0.505 e. The third kappa shape index (κ3) is 7.41. The number of aliphatic hydroxyl groups is 1. The predicted molar refractivity (Wildman–Crippen MR) is 145 cm³/mol. The van der Waals surface area contributed by atoms with Crippen LogP contribution in [0.5, 0.6) is 5.75 Å². The SMILES string of the molecule is CCC(C)C1NC(=O)[C@H](C)[C@H](O)[C@H](Cc2ccccc2)NC(=O)[C@@H](NC(=O)c2ncccc2O)[C@@H](C)CC1=O. The smallest absolute Gasteiger partial charge is 0.274 e. The Bertz CT molecular complexity index is 1170. The van der Waals surface area contributed by atoms with Crippen molar-refractivity contribution < 1.29 is 29.4 Å². The van der Waals surface area contributed by atoms with Gasteiger partial charge in [0.15, 0.2) is 11.5 Å². The molecule has 2 heterocycles. The molecule has 210 valence electrons. The van der Waals surface area contributed by atoms with Gasteiger partial charge >= 0.3 is 0 Å². The molecule has 7 atom stereocenters. The molecule has 0 saturated carbocycles. The van der Waals surface area contributed by atoms with Crippen molar-refractivity contribution >= 4 is 23.5 Å². The van der Waals surface area contributed by atoms with Crippen molar-refractivity contribution in [1.82, 2.24) is 20.9 Å². The molecule has 1 aliphatic heterocycles. The number of benzene rings is 1. The molecule has 0 spiro atoms. The van der Waals surface area contributed by atoms with E-state index in [-0.39, 0.29) is 36.0 Å². The summed E-state index contributed by atoms with van der Waals surface area (Å²) in [5.74, 6) is -4.30. The number of amides is 3. The summed E-state index contributed by atoms with van der Waals surface area (Å²) < 4.78 is 0. The maximum absolute atomic E-state index is 13.7. The van der Waals surface area contributed by atoms with Gasteiger partial charge in [0.25, 0.3) is 5.91 Å². The summed E-state index contributed by atoms with van der Waals surface area (Å²) in [4.78, 5) is 57.1. The number of hydrogen-bond donors (Lipinski definition) is 5. The third-order valence-electron chi connectivity index (χ3n) is 7.48. The van der Waals surface area contributed by atoms with Crippen LogP contribution < -0.4 is 16.0 Å². The van der Waals surface area contributed by atoms with Crippen molar-refractivity contribution in [3.63, 3.8) is 0 Å². The lowest BCUT2D eigenvalue weighted by Gasteiger charge is -2.34. The van der Waals surface area contributed by atoms with E-state index in [1.165, 1.54) is 18.3 Å². The second kappa shape index (κ2) is 13.3. The van der Waals surface area contributed by atoms with E-state index in [0.29, 0.717) is 6.42 Å². The number of aliphatic hydroxyl groups excluding tert-OH is 1. The highest BCUT2D eigenvalue weighted by Crippen LogP contribution is 2.21. The molecule has 0 bridgehead atoms. The standard InChI is InChI=1S/C29H38N4O6/c1-5-16(2)23-22(35)14-17(3)24(33-29(39)25-21(34)12-9-13-30-25)28(38)31-20(15-19-10-7-6-8-11-19)26(36)18(4)27(37)32-23/h6-13,16-18,20,23-24,26,34,36H,5,14-15H2,1-4H3,(H,31,38)(H,32,37)(H,33,39)/t16?,17-,18+,20-,23?,24-,26-/m0/s1. The minimum absolute atomic E-state index is 0.0951. The van der Waals surface area contributed by atoms with Crippen LogP contribution in [-0.4, -0.2) is 62.9 Å². The molecule has 1 aromatic heterocycles. The van der Waals surface area contributed by atoms with E-state index in [0.717, 1.165) is 5.56 Å². The first-order valence-corrected chi connectivity index (χ1v) is 13.3. The van der Waals surface area contributed by atoms with E-state index in [4.69, 9.17) is 0 Å². The van der Waals surface area contributed by atoms with Gasteiger partial charge in [-0.25, -0.2) is 4.98 Å². The second-order valence-corrected chi connectivity index (χ2v) is 10.4. The maximum Gasteiger partial charge on any atom is 0.274 e. The Kier molecular flexibility index (Phi) is 10.2. The highest BCUT2D eigenvalue weighted by molar-refractivity contribution is 5.98. The van der Waals surface area contributed by atoms with E-state index in [1.807, 2.05) is 44.2 Å². The fraction of sp³-hybridized carbons (Fsp3) is 0.483. The van der Waals surface area contributed by atoms with Gasteiger partial charge in [0.1, 0.15) is 11.8 Å². The van der Waals surface area contributed by atoms with Gasteiger partial charge in [-0.2, -0.15) is 0 Å². The van der Waals surface area contributed by atoms with Gasteiger partial charge in [0, 0.05) is 12.6 Å². The quantitative estimate of drug-likeness (QED) is 0.375. The van der Waals surface area contributed by atoms with E-state index < -0.39 is 53.8 Å². The summed E-state index contributed by atoms with van der Waals surface area (Å²) in [7, 11) is 0. The first-order valence-electron chi connectivity index (χ1n) is 13.3. The molecule has 0 radical (unpaired) electrons. The molecule has 3 amide bonds. The van der Waals surface area contributed by atoms with Crippen LogP contribution in [-0.2, 0) is 20.8 Å². The van der Waals surface area contributed by atoms with Crippen molar-refractivity contribution in [2.24, 2.45) is 17.8 Å². The van der Waals surface area contributed by atoms with Crippen molar-refractivity contribution in [3.05, 3.63) is 59.9 Å². The average molecular weight is 539 g/mol. The molecule has 10 heteroatoms. The Morgan fingerprint density at radius 1 is 1.08 bits per heavy atom. The summed E-state index contributed by atoms with van der Waals surface area (Å²) in [6.07, 6.45) is 0.818. The van der Waals surface area contributed by atoms with Gasteiger partial charge < -0.3 is 26.2 Å². The van der Waals surface area contributed by atoms with Gasteiger partial charge in [-0.3, -0.25) is 19.2 Å². The molecule has 1 aromatic carbocycles. The van der Waals surface area contributed by atoms with Gasteiger partial charge in [-0.05, 0) is 36.0 Å². The highest BCUT2D eigenvalue weighted by atomic mass is 16.3. The van der Waals surface area contributed by atoms with Crippen LogP contribution in [0.15, 0.2) is 48.7 Å². The number of Topliss-reactive ketones (excluding diaryl/α,β-unsaturated/α-hetero) is 1. The Morgan fingerprint density at radius 3 is 2.41 bits per heavy atom. The Balaban J connectivity index is 2.00. The van der Waals surface area contributed by atoms with Crippen LogP contribution >= 0.6 is 0 Å². The van der Waals surface area contributed by atoms with Gasteiger partial charge in [0.2, 0.25) is 11.8 Å². The fourth-order valence-corrected chi connectivity index (χ4v) is 4.77. The van der Waals surface area contributed by atoms with Crippen molar-refractivity contribution in [2.45, 2.75) is 71.2 Å². The minimum atomic E-state index is -1.28. The van der Waals surface area contributed by atoms with Gasteiger partial charge in [-0.1, -0.05) is 64.4 Å². The topological polar surface area (TPSA) is 158 Å². The van der Waals surface area contributed by atoms with Crippen LogP contribution in [0.25, 0.3) is 0 Å². The number of aromatic hydroxyl groups is 1. The Labute approximate surface area is 228 Å². The first-order chi connectivity index (χ1) is 18.5. The number of nitrogens with zero attached hydrogens (tertiary/aromatic N) is 1. The van der Waals surface area contributed by atoms with Crippen LogP contribution in [0.3, 0.4) is 0 Å². The summed E-state index contributed by atoms with van der Waals surface area (Å²) in [5, 5.41) is 29.7. The summed E-state index contributed by atoms with van der Waals surface area (Å²) >= 11 is 0. The van der Waals surface area contributed by atoms with E-state index in [9.17, 15) is 29.4 Å². The number of hydrogen-bond acceptors (Lipinski definition) is 7. The van der Waals surface area contributed by atoms with Crippen LogP contribution in [0, 0.1) is 17.8 Å². The normalized spacial score (nSPS) is 27.4. The van der Waals surface area contributed by atoms with Crippen LogP contribution in [0.1, 0.15) is 56.6 Å². The molecule has 1 saturated heterocycles. The molecule has 3 rings (SSSR count). The first kappa shape index (κ1) is 29.8. The van der Waals surface area contributed by atoms with E-state index >= 15 is 0 Å². The molecule has 5 N–H and O–H groups in total. The number of carbonyl (C=O) groups is 4. The summed E-state index contributed by atoms with van der Waals surface area (Å²) in [6.45, 7) is 6.98. The molecule has 10 nitrogen and oxygen atoms in total. The molecule has 0 aliphatic carbocycles. The summed E-state index contributed by atoms with van der Waals surface area (Å²) in [6, 6.07) is 9.13. The Hall–Kier alpha value is -3.79. The highest BCUT2D eigenvalue weighted by Gasteiger charge is 2.39. The molecule has 1 fully saturated rings. The number of ketones is 1. The average Bonchev–Trinajstić information content (AvgIpc) is 2.92. The molecule has 1 aliphatic rings. The number of pyridine rings is 1. The van der Waals surface area contributed by atoms with E-state index in [1.54, 1.807) is 13.8 Å². The molecule has 2 unspecified atom stereocenters. The van der Waals surface area contributed by atoms with Crippen LogP contribution in [0.4, 0.5) is 0 Å². The van der Waals surface area contributed by atoms with E-state index in [2.05, 4.69) is 20.9 Å².